The molecule has 0 amide bonds. The van der Waals surface area contributed by atoms with Crippen LogP contribution in [0, 0.1) is 17.0 Å². The van der Waals surface area contributed by atoms with Crippen LogP contribution in [-0.4, -0.2) is 27.6 Å². The number of nitrogens with zero attached hydrogens (tertiary/aromatic N) is 2. The van der Waals surface area contributed by atoms with E-state index >= 15 is 0 Å². The zero-order valence-corrected chi connectivity index (χ0v) is 11.9. The van der Waals surface area contributed by atoms with E-state index in [4.69, 9.17) is 9.84 Å². The first-order valence-electron chi connectivity index (χ1n) is 6.03. The molecule has 0 saturated carbocycles. The Bertz CT molecular complexity index is 683. The van der Waals surface area contributed by atoms with Gasteiger partial charge in [-0.15, -0.1) is 11.3 Å². The molecule has 0 fully saturated rings. The Morgan fingerprint density at radius 3 is 2.86 bits per heavy atom. The van der Waals surface area contributed by atoms with Gasteiger partial charge < -0.3 is 9.84 Å². The zero-order valence-electron chi connectivity index (χ0n) is 11.1. The molecule has 21 heavy (non-hydrogen) atoms. The molecule has 0 spiro atoms. The molecule has 0 unspecified atom stereocenters. The molecule has 0 radical (unpaired) electrons. The highest BCUT2D eigenvalue weighted by Crippen LogP contribution is 2.28. The molecular formula is C13H12N2O5S. The van der Waals surface area contributed by atoms with Gasteiger partial charge in [0.05, 0.1) is 22.7 Å². The van der Waals surface area contributed by atoms with E-state index < -0.39 is 22.1 Å². The second-order valence-electron chi connectivity index (χ2n) is 4.17. The molecule has 0 aliphatic heterocycles. The van der Waals surface area contributed by atoms with E-state index in [1.54, 1.807) is 5.51 Å². The molecule has 0 aliphatic carbocycles. The van der Waals surface area contributed by atoms with Crippen LogP contribution in [0.15, 0.2) is 23.7 Å². The Morgan fingerprint density at radius 1 is 1.52 bits per heavy atom. The number of hydrogen-bond acceptors (Lipinski definition) is 6. The van der Waals surface area contributed by atoms with E-state index in [9.17, 15) is 14.9 Å². The maximum absolute atomic E-state index is 11.2. The molecule has 8 heteroatoms. The zero-order chi connectivity index (χ0) is 15.4. The molecule has 2 aromatic rings. The third kappa shape index (κ3) is 3.34. The molecule has 1 heterocycles. The number of rotatable bonds is 6. The normalized spacial score (nSPS) is 10.3. The standard InChI is InChI=1S/C13H12N2O5S/c1-8-11(21-7-14-8)5-6-20-10-4-2-3-9(15(18)19)12(10)13(16)17/h2-4,7H,5-6H2,1H3,(H,16,17). The van der Waals surface area contributed by atoms with Crippen LogP contribution in [0.5, 0.6) is 5.75 Å². The number of carboxylic acids is 1. The molecule has 1 aromatic carbocycles. The van der Waals surface area contributed by atoms with Gasteiger partial charge in [0.2, 0.25) is 0 Å². The number of ether oxygens (including phenoxy) is 1. The minimum Gasteiger partial charge on any atom is -0.492 e. The maximum atomic E-state index is 11.2. The van der Waals surface area contributed by atoms with E-state index in [2.05, 4.69) is 4.98 Å². The summed E-state index contributed by atoms with van der Waals surface area (Å²) in [6.07, 6.45) is 0.568. The van der Waals surface area contributed by atoms with E-state index in [0.29, 0.717) is 6.42 Å². The Hall–Kier alpha value is -2.48. The smallest absolute Gasteiger partial charge is 0.346 e. The lowest BCUT2D eigenvalue weighted by Gasteiger charge is -2.08. The van der Waals surface area contributed by atoms with Gasteiger partial charge in [0, 0.05) is 17.4 Å². The van der Waals surface area contributed by atoms with Gasteiger partial charge in [0.1, 0.15) is 5.75 Å². The number of benzene rings is 1. The predicted molar refractivity (Wildman–Crippen MR) is 76.1 cm³/mol. The van der Waals surface area contributed by atoms with Crippen LogP contribution in [0.4, 0.5) is 5.69 Å². The predicted octanol–water partition coefficient (Wildman–Crippen LogP) is 2.68. The van der Waals surface area contributed by atoms with Gasteiger partial charge >= 0.3 is 5.97 Å². The number of thiazole rings is 1. The van der Waals surface area contributed by atoms with Crippen molar-refractivity contribution in [2.75, 3.05) is 6.61 Å². The Morgan fingerprint density at radius 2 is 2.29 bits per heavy atom. The number of nitro groups is 1. The van der Waals surface area contributed by atoms with Gasteiger partial charge in [-0.2, -0.15) is 0 Å². The third-order valence-corrected chi connectivity index (χ3v) is 3.84. The molecule has 1 N–H and O–H groups in total. The molecule has 0 atom stereocenters. The maximum Gasteiger partial charge on any atom is 0.346 e. The third-order valence-electron chi connectivity index (χ3n) is 2.85. The van der Waals surface area contributed by atoms with Gasteiger partial charge in [-0.3, -0.25) is 10.1 Å². The van der Waals surface area contributed by atoms with Gasteiger partial charge in [0.25, 0.3) is 5.69 Å². The molecule has 1 aromatic heterocycles. The number of nitro benzene ring substituents is 1. The van der Waals surface area contributed by atoms with Crippen LogP contribution in [-0.2, 0) is 6.42 Å². The first-order chi connectivity index (χ1) is 10.0. The van der Waals surface area contributed by atoms with Crippen molar-refractivity contribution in [3.05, 3.63) is 50.0 Å². The fraction of sp³-hybridized carbons (Fsp3) is 0.231. The van der Waals surface area contributed by atoms with E-state index in [1.165, 1.54) is 23.5 Å². The van der Waals surface area contributed by atoms with Crippen molar-refractivity contribution in [1.82, 2.24) is 4.98 Å². The largest absolute Gasteiger partial charge is 0.492 e. The molecule has 110 valence electrons. The molecular weight excluding hydrogens is 296 g/mol. The van der Waals surface area contributed by atoms with E-state index in [-0.39, 0.29) is 12.4 Å². The second kappa shape index (κ2) is 6.31. The summed E-state index contributed by atoms with van der Waals surface area (Å²) in [6.45, 7) is 2.10. The monoisotopic (exact) mass is 308 g/mol. The summed E-state index contributed by atoms with van der Waals surface area (Å²) in [7, 11) is 0. The summed E-state index contributed by atoms with van der Waals surface area (Å²) in [5, 5.41) is 20.0. The topological polar surface area (TPSA) is 103 Å². The summed E-state index contributed by atoms with van der Waals surface area (Å²) < 4.78 is 5.41. The van der Waals surface area contributed by atoms with Crippen LogP contribution in [0.25, 0.3) is 0 Å². The SMILES string of the molecule is Cc1ncsc1CCOc1cccc([N+](=O)[O-])c1C(=O)O. The van der Waals surface area contributed by atoms with Crippen molar-refractivity contribution in [3.8, 4) is 5.75 Å². The molecule has 7 nitrogen and oxygen atoms in total. The summed E-state index contributed by atoms with van der Waals surface area (Å²) in [4.78, 5) is 26.5. The second-order valence-corrected chi connectivity index (χ2v) is 5.11. The average Bonchev–Trinajstić information content (AvgIpc) is 2.84. The summed E-state index contributed by atoms with van der Waals surface area (Å²) in [5.74, 6) is -1.38. The quantitative estimate of drug-likeness (QED) is 0.650. The highest BCUT2D eigenvalue weighted by Gasteiger charge is 2.24. The molecule has 0 aliphatic rings. The summed E-state index contributed by atoms with van der Waals surface area (Å²) >= 11 is 1.49. The lowest BCUT2D eigenvalue weighted by atomic mass is 10.1. The van der Waals surface area contributed by atoms with Crippen molar-refractivity contribution in [2.24, 2.45) is 0 Å². The minimum absolute atomic E-state index is 0.00105. The number of hydrogen-bond donors (Lipinski definition) is 1. The fourth-order valence-corrected chi connectivity index (χ4v) is 2.59. The highest BCUT2D eigenvalue weighted by atomic mass is 32.1. The Labute approximate surface area is 124 Å². The first kappa shape index (κ1) is 14.9. The van der Waals surface area contributed by atoms with Gasteiger partial charge in [-0.25, -0.2) is 9.78 Å². The number of aromatic carboxylic acids is 1. The fourth-order valence-electron chi connectivity index (χ4n) is 1.83. The number of aryl methyl sites for hydroxylation is 1. The van der Waals surface area contributed by atoms with Crippen LogP contribution >= 0.6 is 11.3 Å². The van der Waals surface area contributed by atoms with Crippen LogP contribution < -0.4 is 4.74 Å². The van der Waals surface area contributed by atoms with E-state index in [0.717, 1.165) is 16.6 Å². The van der Waals surface area contributed by atoms with Crippen LogP contribution in [0.3, 0.4) is 0 Å². The number of aromatic nitrogens is 1. The van der Waals surface area contributed by atoms with E-state index in [1.807, 2.05) is 6.92 Å². The first-order valence-corrected chi connectivity index (χ1v) is 6.91. The summed E-state index contributed by atoms with van der Waals surface area (Å²) in [5.41, 5.74) is 1.72. The Kier molecular flexibility index (Phi) is 4.49. The van der Waals surface area contributed by atoms with Crippen LogP contribution in [0.2, 0.25) is 0 Å². The molecule has 0 saturated heterocycles. The lowest BCUT2D eigenvalue weighted by Crippen LogP contribution is -2.09. The molecule has 0 bridgehead atoms. The van der Waals surface area contributed by atoms with Crippen LogP contribution in [0.1, 0.15) is 20.9 Å². The van der Waals surface area contributed by atoms with Crippen molar-refractivity contribution >= 4 is 23.0 Å². The lowest BCUT2D eigenvalue weighted by molar-refractivity contribution is -0.385. The summed E-state index contributed by atoms with van der Waals surface area (Å²) in [6, 6.07) is 3.96. The highest BCUT2D eigenvalue weighted by molar-refractivity contribution is 7.09. The Balaban J connectivity index is 2.16. The van der Waals surface area contributed by atoms with Crippen molar-refractivity contribution in [3.63, 3.8) is 0 Å². The van der Waals surface area contributed by atoms with Gasteiger partial charge in [0.15, 0.2) is 5.56 Å². The number of carboxylic acid groups (broad SMARTS) is 1. The van der Waals surface area contributed by atoms with Crippen molar-refractivity contribution in [1.29, 1.82) is 0 Å². The average molecular weight is 308 g/mol. The molecule has 2 rings (SSSR count). The van der Waals surface area contributed by atoms with Gasteiger partial charge in [-0.05, 0) is 13.0 Å². The number of carbonyl (C=O) groups is 1. The van der Waals surface area contributed by atoms with Crippen molar-refractivity contribution < 1.29 is 19.6 Å². The minimum atomic E-state index is -1.38. The van der Waals surface area contributed by atoms with Crippen molar-refractivity contribution in [2.45, 2.75) is 13.3 Å². The van der Waals surface area contributed by atoms with Gasteiger partial charge in [-0.1, -0.05) is 6.07 Å².